The van der Waals surface area contributed by atoms with Crippen molar-refractivity contribution in [2.24, 2.45) is 5.73 Å². The van der Waals surface area contributed by atoms with Crippen LogP contribution < -0.4 is 10.6 Å². The summed E-state index contributed by atoms with van der Waals surface area (Å²) in [5.74, 6) is -0.229. The number of pyridine rings is 1. The molecule has 0 spiro atoms. The second-order valence-corrected chi connectivity index (χ2v) is 4.69. The average molecular weight is 275 g/mol. The maximum Gasteiger partial charge on any atom is 0.123 e. The fourth-order valence-electron chi connectivity index (χ4n) is 1.76. The first kappa shape index (κ1) is 13.4. The number of hydrogen-bond donors (Lipinski definition) is 1. The van der Waals surface area contributed by atoms with Crippen LogP contribution in [0, 0.1) is 5.82 Å². The molecule has 0 saturated carbocycles. The minimum Gasteiger partial charge on any atom is -0.388 e. The first-order chi connectivity index (χ1) is 9.06. The Kier molecular flexibility index (Phi) is 4.06. The Bertz CT molecular complexity index is 583. The Hall–Kier alpha value is -2.01. The van der Waals surface area contributed by atoms with Crippen LogP contribution in [0.1, 0.15) is 11.3 Å². The average Bonchev–Trinajstić information content (AvgIpc) is 2.39. The number of anilines is 1. The summed E-state index contributed by atoms with van der Waals surface area (Å²) in [7, 11) is 1.92. The fourth-order valence-corrected chi connectivity index (χ4v) is 1.88. The molecule has 0 fully saturated rings. The van der Waals surface area contributed by atoms with E-state index in [0.717, 1.165) is 11.3 Å². The number of rotatable bonds is 4. The van der Waals surface area contributed by atoms with Crippen molar-refractivity contribution in [2.45, 2.75) is 6.54 Å². The van der Waals surface area contributed by atoms with E-state index < -0.39 is 0 Å². The van der Waals surface area contributed by atoms with E-state index in [1.54, 1.807) is 18.3 Å². The number of benzene rings is 1. The van der Waals surface area contributed by atoms with E-state index in [0.29, 0.717) is 12.2 Å². The molecule has 0 bridgehead atoms. The molecule has 2 aromatic rings. The van der Waals surface area contributed by atoms with Crippen LogP contribution in [0.2, 0.25) is 0 Å². The van der Waals surface area contributed by atoms with Gasteiger partial charge in [-0.2, -0.15) is 0 Å². The maximum absolute atomic E-state index is 13.1. The topological polar surface area (TPSA) is 42.1 Å². The predicted octanol–water partition coefficient (Wildman–Crippen LogP) is 2.49. The molecule has 1 aromatic heterocycles. The smallest absolute Gasteiger partial charge is 0.123 e. The van der Waals surface area contributed by atoms with Crippen molar-refractivity contribution in [3.8, 4) is 0 Å². The minimum absolute atomic E-state index is 0.229. The van der Waals surface area contributed by atoms with Gasteiger partial charge in [0.1, 0.15) is 10.8 Å². The molecule has 0 atom stereocenters. The molecule has 2 rings (SSSR count). The summed E-state index contributed by atoms with van der Waals surface area (Å²) < 4.78 is 13.1. The van der Waals surface area contributed by atoms with Crippen molar-refractivity contribution in [1.29, 1.82) is 0 Å². The molecule has 19 heavy (non-hydrogen) atoms. The van der Waals surface area contributed by atoms with Crippen molar-refractivity contribution in [1.82, 2.24) is 4.98 Å². The molecule has 98 valence electrons. The van der Waals surface area contributed by atoms with E-state index in [2.05, 4.69) is 4.98 Å². The van der Waals surface area contributed by atoms with Gasteiger partial charge < -0.3 is 10.6 Å². The van der Waals surface area contributed by atoms with Crippen molar-refractivity contribution < 1.29 is 4.39 Å². The highest BCUT2D eigenvalue weighted by atomic mass is 32.1. The van der Waals surface area contributed by atoms with Crippen LogP contribution in [0.4, 0.5) is 10.1 Å². The van der Waals surface area contributed by atoms with E-state index in [9.17, 15) is 4.39 Å². The second-order valence-electron chi connectivity index (χ2n) is 4.25. The molecule has 0 radical (unpaired) electrons. The van der Waals surface area contributed by atoms with Crippen LogP contribution in [0.15, 0.2) is 42.6 Å². The summed E-state index contributed by atoms with van der Waals surface area (Å²) in [6, 6.07) is 10.2. The van der Waals surface area contributed by atoms with Gasteiger partial charge in [0.15, 0.2) is 0 Å². The van der Waals surface area contributed by atoms with Gasteiger partial charge in [-0.25, -0.2) is 4.39 Å². The molecule has 0 aliphatic rings. The Balaban J connectivity index is 2.11. The van der Waals surface area contributed by atoms with Gasteiger partial charge in [-0.15, -0.1) is 0 Å². The lowest BCUT2D eigenvalue weighted by Crippen LogP contribution is -2.17. The normalized spacial score (nSPS) is 10.2. The molecular formula is C14H14FN3S. The monoisotopic (exact) mass is 275 g/mol. The highest BCUT2D eigenvalue weighted by Crippen LogP contribution is 2.15. The first-order valence-corrected chi connectivity index (χ1v) is 6.18. The zero-order valence-corrected chi connectivity index (χ0v) is 11.3. The molecule has 0 aliphatic carbocycles. The summed E-state index contributed by atoms with van der Waals surface area (Å²) in [5, 5.41) is 0. The third-order valence-corrected chi connectivity index (χ3v) is 2.96. The van der Waals surface area contributed by atoms with Gasteiger partial charge in [0.05, 0.1) is 17.6 Å². The van der Waals surface area contributed by atoms with Crippen molar-refractivity contribution in [2.75, 3.05) is 11.9 Å². The number of aromatic nitrogens is 1. The van der Waals surface area contributed by atoms with Crippen LogP contribution >= 0.6 is 12.2 Å². The van der Waals surface area contributed by atoms with E-state index in [1.807, 2.05) is 24.1 Å². The van der Waals surface area contributed by atoms with E-state index in [-0.39, 0.29) is 10.8 Å². The second kappa shape index (κ2) is 5.75. The van der Waals surface area contributed by atoms with Crippen molar-refractivity contribution in [3.63, 3.8) is 0 Å². The van der Waals surface area contributed by atoms with Crippen LogP contribution in [0.5, 0.6) is 0 Å². The quantitative estimate of drug-likeness (QED) is 0.871. The Morgan fingerprint density at radius 3 is 2.74 bits per heavy atom. The van der Waals surface area contributed by atoms with Gasteiger partial charge in [-0.05, 0) is 29.8 Å². The lowest BCUT2D eigenvalue weighted by atomic mass is 10.2. The standard InChI is InChI=1S/C14H14FN3S/c1-18(9-10-3-2-4-11(15)7-10)12-5-6-13(14(16)19)17-8-12/h2-8H,9H2,1H3,(H2,16,19). The van der Waals surface area contributed by atoms with E-state index >= 15 is 0 Å². The largest absolute Gasteiger partial charge is 0.388 e. The number of hydrogen-bond acceptors (Lipinski definition) is 3. The Morgan fingerprint density at radius 1 is 1.37 bits per heavy atom. The Morgan fingerprint density at radius 2 is 2.16 bits per heavy atom. The lowest BCUT2D eigenvalue weighted by molar-refractivity contribution is 0.625. The van der Waals surface area contributed by atoms with Gasteiger partial charge >= 0.3 is 0 Å². The number of halogens is 1. The summed E-state index contributed by atoms with van der Waals surface area (Å²) in [6.45, 7) is 0.603. The van der Waals surface area contributed by atoms with Crippen LogP contribution in [0.25, 0.3) is 0 Å². The number of thiocarbonyl (C=S) groups is 1. The predicted molar refractivity (Wildman–Crippen MR) is 78.6 cm³/mol. The molecule has 1 aromatic carbocycles. The first-order valence-electron chi connectivity index (χ1n) is 5.77. The molecule has 2 N–H and O–H groups in total. The molecule has 1 heterocycles. The minimum atomic E-state index is -0.229. The summed E-state index contributed by atoms with van der Waals surface area (Å²) >= 11 is 4.85. The lowest BCUT2D eigenvalue weighted by Gasteiger charge is -2.19. The molecule has 0 aliphatic heterocycles. The van der Waals surface area contributed by atoms with Gasteiger partial charge in [0.25, 0.3) is 0 Å². The SMILES string of the molecule is CN(Cc1cccc(F)c1)c1ccc(C(N)=S)nc1. The van der Waals surface area contributed by atoms with E-state index in [1.165, 1.54) is 12.1 Å². The third kappa shape index (κ3) is 3.48. The molecule has 0 amide bonds. The summed E-state index contributed by atoms with van der Waals surface area (Å²) in [4.78, 5) is 6.43. The molecule has 5 heteroatoms. The van der Waals surface area contributed by atoms with Gasteiger partial charge in [-0.3, -0.25) is 4.98 Å². The van der Waals surface area contributed by atoms with Crippen LogP contribution in [0.3, 0.4) is 0 Å². The number of nitrogens with two attached hydrogens (primary N) is 1. The van der Waals surface area contributed by atoms with Crippen LogP contribution in [-0.2, 0) is 6.54 Å². The Labute approximate surface area is 116 Å². The maximum atomic E-state index is 13.1. The van der Waals surface area contributed by atoms with Crippen molar-refractivity contribution >= 4 is 22.9 Å². The summed E-state index contributed by atoms with van der Waals surface area (Å²) in [5.41, 5.74) is 7.91. The molecule has 3 nitrogen and oxygen atoms in total. The molecular weight excluding hydrogens is 261 g/mol. The van der Waals surface area contributed by atoms with Gasteiger partial charge in [-0.1, -0.05) is 24.4 Å². The fraction of sp³-hybridized carbons (Fsp3) is 0.143. The third-order valence-electron chi connectivity index (χ3n) is 2.75. The zero-order chi connectivity index (χ0) is 13.8. The van der Waals surface area contributed by atoms with E-state index in [4.69, 9.17) is 18.0 Å². The molecule has 0 saturated heterocycles. The van der Waals surface area contributed by atoms with Gasteiger partial charge in [0, 0.05) is 13.6 Å². The van der Waals surface area contributed by atoms with Gasteiger partial charge in [0.2, 0.25) is 0 Å². The summed E-state index contributed by atoms with van der Waals surface area (Å²) in [6.07, 6.45) is 1.70. The van der Waals surface area contributed by atoms with Crippen LogP contribution in [-0.4, -0.2) is 17.0 Å². The highest BCUT2D eigenvalue weighted by molar-refractivity contribution is 7.80. The number of nitrogens with zero attached hydrogens (tertiary/aromatic N) is 2. The highest BCUT2D eigenvalue weighted by Gasteiger charge is 2.04. The zero-order valence-electron chi connectivity index (χ0n) is 10.5. The van der Waals surface area contributed by atoms with Crippen molar-refractivity contribution in [3.05, 3.63) is 59.7 Å². The molecule has 0 unspecified atom stereocenters.